The van der Waals surface area contributed by atoms with Crippen molar-refractivity contribution in [2.24, 2.45) is 0 Å². The predicted molar refractivity (Wildman–Crippen MR) is 184 cm³/mol. The van der Waals surface area contributed by atoms with Crippen molar-refractivity contribution < 1.29 is 0 Å². The van der Waals surface area contributed by atoms with Crippen molar-refractivity contribution in [2.75, 3.05) is 18.0 Å². The number of aryl methyl sites for hydroxylation is 4. The van der Waals surface area contributed by atoms with E-state index in [-0.39, 0.29) is 0 Å². The first-order valence-corrected chi connectivity index (χ1v) is 15.9. The number of piperidine rings is 1. The van der Waals surface area contributed by atoms with Crippen LogP contribution in [0.5, 0.6) is 0 Å². The molecule has 0 atom stereocenters. The molecule has 0 saturated carbocycles. The molecule has 2 aromatic heterocycles. The summed E-state index contributed by atoms with van der Waals surface area (Å²) in [6.45, 7) is 14.9. The molecule has 1 aliphatic rings. The largest absolute Gasteiger partial charge is 0.364 e. The summed E-state index contributed by atoms with van der Waals surface area (Å²) in [4.78, 5) is 14.7. The number of pyridine rings is 2. The number of benzene rings is 3. The molecule has 1 saturated heterocycles. The van der Waals surface area contributed by atoms with E-state index in [0.29, 0.717) is 6.04 Å². The van der Waals surface area contributed by atoms with Gasteiger partial charge in [0.25, 0.3) is 0 Å². The summed E-state index contributed by atoms with van der Waals surface area (Å²) in [5.41, 5.74) is 15.0. The van der Waals surface area contributed by atoms with Gasteiger partial charge in [-0.3, -0.25) is 14.9 Å². The van der Waals surface area contributed by atoms with Crippen LogP contribution in [0.3, 0.4) is 0 Å². The van der Waals surface area contributed by atoms with Crippen molar-refractivity contribution in [3.63, 3.8) is 0 Å². The van der Waals surface area contributed by atoms with Crippen molar-refractivity contribution in [3.8, 4) is 22.5 Å². The van der Waals surface area contributed by atoms with E-state index in [0.717, 1.165) is 50.4 Å². The highest BCUT2D eigenvalue weighted by molar-refractivity contribution is 5.64. The summed E-state index contributed by atoms with van der Waals surface area (Å²) in [6, 6.07) is 31.5. The number of hydrogen-bond donors (Lipinski definition) is 0. The van der Waals surface area contributed by atoms with Crippen LogP contribution in [-0.4, -0.2) is 34.0 Å². The molecule has 0 aliphatic carbocycles. The van der Waals surface area contributed by atoms with E-state index < -0.39 is 0 Å². The number of anilines is 1. The third-order valence-corrected chi connectivity index (χ3v) is 9.42. The molecule has 6 rings (SSSR count). The van der Waals surface area contributed by atoms with Crippen molar-refractivity contribution >= 4 is 5.69 Å². The van der Waals surface area contributed by atoms with Crippen LogP contribution < -0.4 is 4.90 Å². The van der Waals surface area contributed by atoms with Gasteiger partial charge in [-0.2, -0.15) is 0 Å². The molecule has 44 heavy (non-hydrogen) atoms. The lowest BCUT2D eigenvalue weighted by molar-refractivity contribution is 0.201. The Morgan fingerprint density at radius 3 is 2.02 bits per heavy atom. The molecule has 0 bridgehead atoms. The second-order valence-corrected chi connectivity index (χ2v) is 12.6. The van der Waals surface area contributed by atoms with Crippen LogP contribution in [0.25, 0.3) is 22.5 Å². The zero-order valence-electron chi connectivity index (χ0n) is 26.8. The summed E-state index contributed by atoms with van der Waals surface area (Å²) in [5.74, 6) is 0. The summed E-state index contributed by atoms with van der Waals surface area (Å²) >= 11 is 0. The van der Waals surface area contributed by atoms with Crippen molar-refractivity contribution in [3.05, 3.63) is 136 Å². The molecule has 1 fully saturated rings. The smallest absolute Gasteiger partial charge is 0.0707 e. The fourth-order valence-corrected chi connectivity index (χ4v) is 6.51. The van der Waals surface area contributed by atoms with Crippen molar-refractivity contribution in [2.45, 2.75) is 66.6 Å². The Bertz CT molecular complexity index is 1710. The number of hydrogen-bond acceptors (Lipinski definition) is 4. The maximum Gasteiger partial charge on any atom is 0.0707 e. The topological polar surface area (TPSA) is 32.3 Å². The standard InChI is InChI=1S/C40H44N4/c1-28-10-12-36(13-11-28)44(27-34-15-18-41-39(24-34)35-22-30(3)32(5)31(4)23-35)37-16-20-43(21-17-37)26-33-14-19-42-40(25-33)38-9-7-6-8-29(38)2/h6-15,18-19,22-25,37H,16-17,20-21,26-27H2,1-5H3. The zero-order valence-corrected chi connectivity index (χ0v) is 26.8. The minimum absolute atomic E-state index is 0.481. The van der Waals surface area contributed by atoms with Gasteiger partial charge in [-0.15, -0.1) is 0 Å². The minimum atomic E-state index is 0.481. The van der Waals surface area contributed by atoms with Crippen molar-refractivity contribution in [1.29, 1.82) is 0 Å². The van der Waals surface area contributed by atoms with E-state index >= 15 is 0 Å². The van der Waals surface area contributed by atoms with Gasteiger partial charge in [0, 0.05) is 61.4 Å². The molecule has 3 aromatic carbocycles. The average Bonchev–Trinajstić information content (AvgIpc) is 3.04. The predicted octanol–water partition coefficient (Wildman–Crippen LogP) is 9.02. The summed E-state index contributed by atoms with van der Waals surface area (Å²) in [7, 11) is 0. The molecular formula is C40H44N4. The van der Waals surface area contributed by atoms with E-state index in [1.807, 2.05) is 12.4 Å². The summed E-state index contributed by atoms with van der Waals surface area (Å²) in [5, 5.41) is 0. The lowest BCUT2D eigenvalue weighted by Gasteiger charge is -2.40. The SMILES string of the molecule is Cc1ccc(N(Cc2ccnc(-c3cc(C)c(C)c(C)c3)c2)C2CCN(Cc3ccnc(-c4ccccc4C)c3)CC2)cc1. The molecule has 0 radical (unpaired) electrons. The Hall–Kier alpha value is -4.28. The first-order chi connectivity index (χ1) is 21.3. The van der Waals surface area contributed by atoms with Gasteiger partial charge in [0.2, 0.25) is 0 Å². The van der Waals surface area contributed by atoms with Gasteiger partial charge in [0.1, 0.15) is 0 Å². The number of rotatable bonds is 8. The van der Waals surface area contributed by atoms with Crippen LogP contribution in [0.4, 0.5) is 5.69 Å². The van der Waals surface area contributed by atoms with Crippen LogP contribution in [0, 0.1) is 34.6 Å². The van der Waals surface area contributed by atoms with Gasteiger partial charge in [0.05, 0.1) is 11.4 Å². The van der Waals surface area contributed by atoms with E-state index in [2.05, 4.69) is 134 Å². The molecule has 0 N–H and O–H groups in total. The van der Waals surface area contributed by atoms with E-state index in [9.17, 15) is 0 Å². The average molecular weight is 581 g/mol. The molecule has 224 valence electrons. The van der Waals surface area contributed by atoms with Gasteiger partial charge in [-0.05, 0) is 129 Å². The summed E-state index contributed by atoms with van der Waals surface area (Å²) < 4.78 is 0. The molecule has 3 heterocycles. The Labute approximate surface area is 263 Å². The first-order valence-electron chi connectivity index (χ1n) is 15.9. The molecule has 1 aliphatic heterocycles. The van der Waals surface area contributed by atoms with Crippen LogP contribution in [0.2, 0.25) is 0 Å². The number of aromatic nitrogens is 2. The lowest BCUT2D eigenvalue weighted by Crippen LogP contribution is -2.44. The zero-order chi connectivity index (χ0) is 30.6. The highest BCUT2D eigenvalue weighted by atomic mass is 15.2. The van der Waals surface area contributed by atoms with Crippen LogP contribution in [0.15, 0.2) is 97.3 Å². The quantitative estimate of drug-likeness (QED) is 0.183. The third kappa shape index (κ3) is 6.76. The van der Waals surface area contributed by atoms with Gasteiger partial charge >= 0.3 is 0 Å². The Kier molecular flexibility index (Phi) is 8.90. The molecule has 4 nitrogen and oxygen atoms in total. The minimum Gasteiger partial charge on any atom is -0.364 e. The first kappa shape index (κ1) is 29.8. The monoisotopic (exact) mass is 580 g/mol. The summed E-state index contributed by atoms with van der Waals surface area (Å²) in [6.07, 6.45) is 6.21. The van der Waals surface area contributed by atoms with E-state index in [4.69, 9.17) is 4.98 Å². The van der Waals surface area contributed by atoms with Crippen LogP contribution >= 0.6 is 0 Å². The van der Waals surface area contributed by atoms with Crippen molar-refractivity contribution in [1.82, 2.24) is 14.9 Å². The lowest BCUT2D eigenvalue weighted by atomic mass is 9.97. The Balaban J connectivity index is 1.18. The number of nitrogens with zero attached hydrogens (tertiary/aromatic N) is 4. The molecule has 0 unspecified atom stereocenters. The molecule has 0 amide bonds. The maximum absolute atomic E-state index is 4.78. The highest BCUT2D eigenvalue weighted by Gasteiger charge is 2.25. The normalized spacial score (nSPS) is 14.1. The fourth-order valence-electron chi connectivity index (χ4n) is 6.51. The molecule has 5 aromatic rings. The second kappa shape index (κ2) is 13.2. The van der Waals surface area contributed by atoms with Gasteiger partial charge in [-0.25, -0.2) is 0 Å². The van der Waals surface area contributed by atoms with Gasteiger partial charge in [0.15, 0.2) is 0 Å². The Morgan fingerprint density at radius 1 is 0.682 bits per heavy atom. The molecule has 4 heteroatoms. The van der Waals surface area contributed by atoms with E-state index in [1.165, 1.54) is 55.8 Å². The van der Waals surface area contributed by atoms with Crippen LogP contribution in [-0.2, 0) is 13.1 Å². The van der Waals surface area contributed by atoms with Gasteiger partial charge < -0.3 is 4.90 Å². The Morgan fingerprint density at radius 2 is 1.32 bits per heavy atom. The van der Waals surface area contributed by atoms with Gasteiger partial charge in [-0.1, -0.05) is 42.0 Å². The maximum atomic E-state index is 4.78. The number of likely N-dealkylation sites (tertiary alicyclic amines) is 1. The molecular weight excluding hydrogens is 536 g/mol. The highest BCUT2D eigenvalue weighted by Crippen LogP contribution is 2.30. The fraction of sp³-hybridized carbons (Fsp3) is 0.300. The third-order valence-electron chi connectivity index (χ3n) is 9.42. The van der Waals surface area contributed by atoms with E-state index in [1.54, 1.807) is 0 Å². The van der Waals surface area contributed by atoms with Crippen LogP contribution in [0.1, 0.15) is 51.8 Å². The molecule has 0 spiro atoms. The second-order valence-electron chi connectivity index (χ2n) is 12.6.